The lowest BCUT2D eigenvalue weighted by Crippen LogP contribution is -2.39. The van der Waals surface area contributed by atoms with Crippen molar-refractivity contribution in [3.05, 3.63) is 113 Å². The van der Waals surface area contributed by atoms with Gasteiger partial charge in [-0.2, -0.15) is 0 Å². The summed E-state index contributed by atoms with van der Waals surface area (Å²) in [6.07, 6.45) is 1.64. The number of fused-ring (bicyclic) bond motifs is 1. The third kappa shape index (κ3) is 5.05. The predicted octanol–water partition coefficient (Wildman–Crippen LogP) is 4.81. The Morgan fingerprint density at radius 2 is 1.85 bits per heavy atom. The first kappa shape index (κ1) is 27.4. The minimum absolute atomic E-state index is 0.205. The second-order valence-corrected chi connectivity index (χ2v) is 10.5. The van der Waals surface area contributed by atoms with Crippen LogP contribution in [0.15, 0.2) is 80.1 Å². The molecule has 10 heteroatoms. The second-order valence-electron chi connectivity index (χ2n) is 9.10. The van der Waals surface area contributed by atoms with Gasteiger partial charge < -0.3 is 13.9 Å². The summed E-state index contributed by atoms with van der Waals surface area (Å²) in [4.78, 5) is 43.9. The molecule has 1 aliphatic heterocycles. The number of benzene rings is 2. The number of allylic oxidation sites excluding steroid dienone is 1. The van der Waals surface area contributed by atoms with Crippen molar-refractivity contribution in [2.24, 2.45) is 4.99 Å². The molecule has 2 aromatic carbocycles. The lowest BCUT2D eigenvalue weighted by molar-refractivity contribution is -0.139. The Morgan fingerprint density at radius 3 is 2.55 bits per heavy atom. The highest BCUT2D eigenvalue weighted by Crippen LogP contribution is 2.31. The van der Waals surface area contributed by atoms with Gasteiger partial charge in [0, 0.05) is 11.6 Å². The minimum Gasteiger partial charge on any atom is -0.465 e. The van der Waals surface area contributed by atoms with E-state index < -0.39 is 18.0 Å². The maximum Gasteiger partial charge on any atom is 0.339 e. The van der Waals surface area contributed by atoms with E-state index in [9.17, 15) is 14.4 Å². The van der Waals surface area contributed by atoms with Gasteiger partial charge in [-0.1, -0.05) is 52.8 Å². The standard InChI is InChI=1S/C30H25ClN2O6S/c1-5-38-29(36)25-17(3)32-30-33(26(25)18-8-6-16(2)7-9-18)27(34)24(40-30)15-20-11-13-23(39-20)19-10-12-22(31)21(14-19)28(35)37-4/h6-15,26H,5H2,1-4H3/b24-15-/t26-/m1/s1. The van der Waals surface area contributed by atoms with Crippen LogP contribution in [0, 0.1) is 6.92 Å². The first-order chi connectivity index (χ1) is 19.2. The Labute approximate surface area is 238 Å². The highest BCUT2D eigenvalue weighted by molar-refractivity contribution is 7.07. The molecule has 5 rings (SSSR count). The fraction of sp³-hybridized carbons (Fsp3) is 0.200. The van der Waals surface area contributed by atoms with E-state index in [1.54, 1.807) is 50.3 Å². The molecule has 0 unspecified atom stereocenters. The lowest BCUT2D eigenvalue weighted by atomic mass is 9.95. The molecule has 4 aromatic rings. The molecule has 1 atom stereocenters. The van der Waals surface area contributed by atoms with Gasteiger partial charge in [0.2, 0.25) is 0 Å². The molecule has 2 aromatic heterocycles. The Morgan fingerprint density at radius 1 is 1.10 bits per heavy atom. The van der Waals surface area contributed by atoms with Crippen molar-refractivity contribution in [3.8, 4) is 11.3 Å². The monoisotopic (exact) mass is 576 g/mol. The van der Waals surface area contributed by atoms with Gasteiger partial charge in [-0.15, -0.1) is 0 Å². The highest BCUT2D eigenvalue weighted by Gasteiger charge is 2.33. The number of esters is 2. The molecular weight excluding hydrogens is 552 g/mol. The molecule has 0 aliphatic carbocycles. The number of ether oxygens (including phenoxy) is 2. The number of carbonyl (C=O) groups excluding carboxylic acids is 2. The van der Waals surface area contributed by atoms with Crippen LogP contribution in [0.2, 0.25) is 5.02 Å². The van der Waals surface area contributed by atoms with Crippen LogP contribution in [0.1, 0.15) is 47.1 Å². The quantitative estimate of drug-likeness (QED) is 0.306. The highest BCUT2D eigenvalue weighted by atomic mass is 35.5. The summed E-state index contributed by atoms with van der Waals surface area (Å²) in [7, 11) is 1.28. The van der Waals surface area contributed by atoms with Crippen LogP contribution in [-0.2, 0) is 14.3 Å². The maximum absolute atomic E-state index is 13.8. The SMILES string of the molecule is CCOC(=O)C1=C(C)N=c2s/c(=C\c3ccc(-c4ccc(Cl)c(C(=O)OC)c4)o3)c(=O)n2[C@@H]1c1ccc(C)cc1. The minimum atomic E-state index is -0.684. The van der Waals surface area contributed by atoms with Crippen LogP contribution >= 0.6 is 22.9 Å². The topological polar surface area (TPSA) is 100 Å². The van der Waals surface area contributed by atoms with Gasteiger partial charge in [-0.3, -0.25) is 9.36 Å². The number of halogens is 1. The summed E-state index contributed by atoms with van der Waals surface area (Å²) in [6, 6.07) is 15.4. The molecule has 0 fully saturated rings. The zero-order valence-electron chi connectivity index (χ0n) is 22.2. The Kier molecular flexibility index (Phi) is 7.60. The Hall–Kier alpha value is -4.21. The molecule has 0 radical (unpaired) electrons. The van der Waals surface area contributed by atoms with Crippen molar-refractivity contribution in [3.63, 3.8) is 0 Å². The molecule has 40 heavy (non-hydrogen) atoms. The van der Waals surface area contributed by atoms with E-state index in [-0.39, 0.29) is 22.8 Å². The number of carbonyl (C=O) groups is 2. The van der Waals surface area contributed by atoms with E-state index in [0.29, 0.717) is 37.7 Å². The van der Waals surface area contributed by atoms with Crippen LogP contribution in [0.3, 0.4) is 0 Å². The Bertz CT molecular complexity index is 1850. The van der Waals surface area contributed by atoms with Gasteiger partial charge in [0.1, 0.15) is 11.5 Å². The third-order valence-corrected chi connectivity index (χ3v) is 7.78. The van der Waals surface area contributed by atoms with E-state index in [1.165, 1.54) is 23.0 Å². The van der Waals surface area contributed by atoms with Crippen LogP contribution < -0.4 is 14.9 Å². The summed E-state index contributed by atoms with van der Waals surface area (Å²) in [5, 5.41) is 0.268. The lowest BCUT2D eigenvalue weighted by Gasteiger charge is -2.24. The summed E-state index contributed by atoms with van der Waals surface area (Å²) in [5.74, 6) is -0.143. The first-order valence-corrected chi connectivity index (χ1v) is 13.7. The van der Waals surface area contributed by atoms with Gasteiger partial charge in [-0.05, 0) is 56.7 Å². The molecule has 0 bridgehead atoms. The number of aryl methyl sites for hydroxylation is 1. The van der Waals surface area contributed by atoms with Crippen molar-refractivity contribution >= 4 is 41.0 Å². The van der Waals surface area contributed by atoms with Crippen molar-refractivity contribution in [2.45, 2.75) is 26.8 Å². The first-order valence-electron chi connectivity index (χ1n) is 12.5. The predicted molar refractivity (Wildman–Crippen MR) is 152 cm³/mol. The van der Waals surface area contributed by atoms with E-state index in [2.05, 4.69) is 4.99 Å². The van der Waals surface area contributed by atoms with Crippen LogP contribution in [0.25, 0.3) is 17.4 Å². The van der Waals surface area contributed by atoms with E-state index in [4.69, 9.17) is 25.5 Å². The molecule has 8 nitrogen and oxygen atoms in total. The number of thiazole rings is 1. The number of hydrogen-bond acceptors (Lipinski definition) is 8. The number of rotatable bonds is 6. The fourth-order valence-corrected chi connectivity index (χ4v) is 5.74. The molecule has 0 N–H and O–H groups in total. The third-order valence-electron chi connectivity index (χ3n) is 6.47. The number of methoxy groups -OCH3 is 1. The Balaban J connectivity index is 1.60. The largest absolute Gasteiger partial charge is 0.465 e. The smallest absolute Gasteiger partial charge is 0.339 e. The number of nitrogens with zero attached hydrogens (tertiary/aromatic N) is 2. The normalized spacial score (nSPS) is 15.0. The zero-order chi connectivity index (χ0) is 28.6. The molecule has 1 aliphatic rings. The average molecular weight is 577 g/mol. The van der Waals surface area contributed by atoms with Crippen molar-refractivity contribution in [2.75, 3.05) is 13.7 Å². The number of furan rings is 1. The summed E-state index contributed by atoms with van der Waals surface area (Å²) >= 11 is 7.35. The molecule has 0 saturated heterocycles. The zero-order valence-corrected chi connectivity index (χ0v) is 23.8. The summed E-state index contributed by atoms with van der Waals surface area (Å²) in [5.41, 5.74) is 3.20. The number of aromatic nitrogens is 1. The summed E-state index contributed by atoms with van der Waals surface area (Å²) in [6.45, 7) is 5.66. The van der Waals surface area contributed by atoms with Crippen molar-refractivity contribution in [1.29, 1.82) is 0 Å². The van der Waals surface area contributed by atoms with E-state index in [0.717, 1.165) is 11.1 Å². The van der Waals surface area contributed by atoms with Gasteiger partial charge in [0.15, 0.2) is 4.80 Å². The molecule has 0 saturated carbocycles. The van der Waals surface area contributed by atoms with E-state index in [1.807, 2.05) is 31.2 Å². The van der Waals surface area contributed by atoms with Crippen molar-refractivity contribution < 1.29 is 23.5 Å². The van der Waals surface area contributed by atoms with Crippen LogP contribution in [0.5, 0.6) is 0 Å². The summed E-state index contributed by atoms with van der Waals surface area (Å²) < 4.78 is 18.1. The second kappa shape index (κ2) is 11.1. The van der Waals surface area contributed by atoms with Gasteiger partial charge in [-0.25, -0.2) is 14.6 Å². The average Bonchev–Trinajstić information content (AvgIpc) is 3.52. The van der Waals surface area contributed by atoms with Gasteiger partial charge in [0.05, 0.1) is 46.1 Å². The van der Waals surface area contributed by atoms with Crippen LogP contribution in [-0.4, -0.2) is 30.2 Å². The van der Waals surface area contributed by atoms with Crippen LogP contribution in [0.4, 0.5) is 0 Å². The molecular formula is C30H25ClN2O6S. The number of hydrogen-bond donors (Lipinski definition) is 0. The fourth-order valence-electron chi connectivity index (χ4n) is 4.52. The maximum atomic E-state index is 13.8. The molecule has 3 heterocycles. The molecule has 0 amide bonds. The van der Waals surface area contributed by atoms with E-state index >= 15 is 0 Å². The molecule has 204 valence electrons. The molecule has 0 spiro atoms. The van der Waals surface area contributed by atoms with Crippen molar-refractivity contribution in [1.82, 2.24) is 4.57 Å². The van der Waals surface area contributed by atoms with Gasteiger partial charge >= 0.3 is 11.9 Å². The van der Waals surface area contributed by atoms with Gasteiger partial charge in [0.25, 0.3) is 5.56 Å².